The van der Waals surface area contributed by atoms with Gasteiger partial charge < -0.3 is 20.9 Å². The Hall–Kier alpha value is -1.59. The average Bonchev–Trinajstić information content (AvgIpc) is 2.93. The van der Waals surface area contributed by atoms with Gasteiger partial charge in [0.1, 0.15) is 0 Å². The van der Waals surface area contributed by atoms with Gasteiger partial charge in [0.05, 0.1) is 18.1 Å². The Labute approximate surface area is 119 Å². The Bertz CT molecular complexity index is 447. The minimum Gasteiger partial charge on any atom is -0.399 e. The molecule has 4 N–H and O–H groups in total. The molecule has 0 spiro atoms. The third-order valence-corrected chi connectivity index (χ3v) is 3.74. The molecule has 1 aliphatic rings. The molecule has 0 radical (unpaired) electrons. The van der Waals surface area contributed by atoms with E-state index < -0.39 is 6.10 Å². The zero-order valence-corrected chi connectivity index (χ0v) is 11.7. The number of nitrogens with two attached hydrogens (primary N) is 1. The van der Waals surface area contributed by atoms with E-state index in [2.05, 4.69) is 5.32 Å². The molecule has 1 saturated heterocycles. The molecule has 1 aliphatic heterocycles. The van der Waals surface area contributed by atoms with Gasteiger partial charge in [-0.15, -0.1) is 0 Å². The molecule has 1 amide bonds. The van der Waals surface area contributed by atoms with Crippen molar-refractivity contribution in [2.75, 3.05) is 18.9 Å². The van der Waals surface area contributed by atoms with Gasteiger partial charge in [-0.05, 0) is 30.5 Å². The molecule has 3 atom stereocenters. The second-order valence-corrected chi connectivity index (χ2v) is 5.14. The van der Waals surface area contributed by atoms with Crippen molar-refractivity contribution in [3.8, 4) is 0 Å². The zero-order valence-electron chi connectivity index (χ0n) is 11.7. The minimum atomic E-state index is -0.720. The lowest BCUT2D eigenvalue weighted by atomic mass is 9.98. The zero-order chi connectivity index (χ0) is 14.5. The molecule has 20 heavy (non-hydrogen) atoms. The minimum absolute atomic E-state index is 0.00339. The number of carbonyl (C=O) groups is 1. The van der Waals surface area contributed by atoms with E-state index in [0.29, 0.717) is 12.3 Å². The van der Waals surface area contributed by atoms with Crippen LogP contribution < -0.4 is 11.1 Å². The maximum Gasteiger partial charge on any atom is 0.225 e. The molecule has 5 nitrogen and oxygen atoms in total. The first kappa shape index (κ1) is 14.8. The van der Waals surface area contributed by atoms with Crippen LogP contribution in [0.4, 0.5) is 5.69 Å². The van der Waals surface area contributed by atoms with Gasteiger partial charge in [0.25, 0.3) is 0 Å². The summed E-state index contributed by atoms with van der Waals surface area (Å²) in [4.78, 5) is 12.1. The molecule has 1 aromatic carbocycles. The van der Waals surface area contributed by atoms with E-state index in [9.17, 15) is 9.90 Å². The molecule has 1 fully saturated rings. The van der Waals surface area contributed by atoms with Crippen LogP contribution in [0.5, 0.6) is 0 Å². The number of hydrogen-bond donors (Lipinski definition) is 3. The standard InChI is InChI=1S/C15H22N2O3/c1-2-14-12(7-8-20-14)15(19)17-9-13(18)10-3-5-11(16)6-4-10/h3-6,12-14,18H,2,7-9,16H2,1H3,(H,17,19). The van der Waals surface area contributed by atoms with Crippen molar-refractivity contribution >= 4 is 11.6 Å². The van der Waals surface area contributed by atoms with Gasteiger partial charge in [-0.25, -0.2) is 0 Å². The summed E-state index contributed by atoms with van der Waals surface area (Å²) >= 11 is 0. The van der Waals surface area contributed by atoms with E-state index in [1.807, 2.05) is 6.92 Å². The molecular formula is C15H22N2O3. The van der Waals surface area contributed by atoms with Crippen LogP contribution in [-0.2, 0) is 9.53 Å². The normalized spacial score (nSPS) is 23.5. The number of hydrogen-bond acceptors (Lipinski definition) is 4. The predicted molar refractivity (Wildman–Crippen MR) is 77.0 cm³/mol. The molecule has 2 rings (SSSR count). The van der Waals surface area contributed by atoms with E-state index in [-0.39, 0.29) is 24.5 Å². The third-order valence-electron chi connectivity index (χ3n) is 3.74. The van der Waals surface area contributed by atoms with Gasteiger partial charge in [0.15, 0.2) is 0 Å². The lowest BCUT2D eigenvalue weighted by Crippen LogP contribution is -2.37. The van der Waals surface area contributed by atoms with Crippen molar-refractivity contribution in [1.29, 1.82) is 0 Å². The van der Waals surface area contributed by atoms with Crippen LogP contribution >= 0.6 is 0 Å². The SMILES string of the molecule is CCC1OCCC1C(=O)NCC(O)c1ccc(N)cc1. The maximum atomic E-state index is 12.1. The number of rotatable bonds is 5. The molecule has 0 bridgehead atoms. The summed E-state index contributed by atoms with van der Waals surface area (Å²) in [5.41, 5.74) is 6.99. The van der Waals surface area contributed by atoms with Gasteiger partial charge in [0, 0.05) is 18.8 Å². The molecule has 0 saturated carbocycles. The van der Waals surface area contributed by atoms with Crippen LogP contribution in [0, 0.1) is 5.92 Å². The smallest absolute Gasteiger partial charge is 0.225 e. The highest BCUT2D eigenvalue weighted by molar-refractivity contribution is 5.79. The molecule has 1 heterocycles. The fraction of sp³-hybridized carbons (Fsp3) is 0.533. The lowest BCUT2D eigenvalue weighted by Gasteiger charge is -2.18. The number of nitrogen functional groups attached to an aromatic ring is 1. The third kappa shape index (κ3) is 3.49. The van der Waals surface area contributed by atoms with Gasteiger partial charge in [0.2, 0.25) is 5.91 Å². The predicted octanol–water partition coefficient (Wildman–Crippen LogP) is 1.23. The number of ether oxygens (including phenoxy) is 1. The van der Waals surface area contributed by atoms with Crippen molar-refractivity contribution in [3.63, 3.8) is 0 Å². The summed E-state index contributed by atoms with van der Waals surface area (Å²) in [7, 11) is 0. The van der Waals surface area contributed by atoms with E-state index in [1.165, 1.54) is 0 Å². The summed E-state index contributed by atoms with van der Waals surface area (Å²) in [6.07, 6.45) is 0.867. The number of nitrogens with one attached hydrogen (secondary N) is 1. The second-order valence-electron chi connectivity index (χ2n) is 5.14. The second kappa shape index (κ2) is 6.72. The highest BCUT2D eigenvalue weighted by Gasteiger charge is 2.32. The maximum absolute atomic E-state index is 12.1. The molecule has 1 aromatic rings. The first-order chi connectivity index (χ1) is 9.61. The van der Waals surface area contributed by atoms with E-state index in [4.69, 9.17) is 10.5 Å². The Kier molecular flexibility index (Phi) is 4.98. The fourth-order valence-corrected chi connectivity index (χ4v) is 2.52. The van der Waals surface area contributed by atoms with Gasteiger partial charge in [-0.2, -0.15) is 0 Å². The van der Waals surface area contributed by atoms with Crippen LogP contribution in [-0.4, -0.2) is 30.3 Å². The summed E-state index contributed by atoms with van der Waals surface area (Å²) in [5.74, 6) is -0.137. The summed E-state index contributed by atoms with van der Waals surface area (Å²) in [6.45, 7) is 2.85. The number of aliphatic hydroxyl groups excluding tert-OH is 1. The monoisotopic (exact) mass is 278 g/mol. The van der Waals surface area contributed by atoms with Crippen LogP contribution in [0.2, 0.25) is 0 Å². The number of amides is 1. The lowest BCUT2D eigenvalue weighted by molar-refractivity contribution is -0.127. The number of aliphatic hydroxyl groups is 1. The Morgan fingerprint density at radius 1 is 1.50 bits per heavy atom. The summed E-state index contributed by atoms with van der Waals surface area (Å²) in [6, 6.07) is 7.00. The van der Waals surface area contributed by atoms with E-state index in [1.54, 1.807) is 24.3 Å². The summed E-state index contributed by atoms with van der Waals surface area (Å²) < 4.78 is 5.50. The van der Waals surface area contributed by atoms with E-state index >= 15 is 0 Å². The molecule has 3 unspecified atom stereocenters. The van der Waals surface area contributed by atoms with Crippen molar-refractivity contribution in [3.05, 3.63) is 29.8 Å². The number of anilines is 1. The van der Waals surface area contributed by atoms with Crippen molar-refractivity contribution in [2.24, 2.45) is 5.92 Å². The van der Waals surface area contributed by atoms with Crippen LogP contribution in [0.15, 0.2) is 24.3 Å². The number of carbonyl (C=O) groups excluding carboxylic acids is 1. The van der Waals surface area contributed by atoms with Crippen LogP contribution in [0.3, 0.4) is 0 Å². The first-order valence-electron chi connectivity index (χ1n) is 7.04. The van der Waals surface area contributed by atoms with Gasteiger partial charge >= 0.3 is 0 Å². The van der Waals surface area contributed by atoms with Gasteiger partial charge in [-0.1, -0.05) is 19.1 Å². The first-order valence-corrected chi connectivity index (χ1v) is 7.04. The van der Waals surface area contributed by atoms with Gasteiger partial charge in [-0.3, -0.25) is 4.79 Å². The molecule has 110 valence electrons. The highest BCUT2D eigenvalue weighted by atomic mass is 16.5. The molecule has 5 heteroatoms. The Balaban J connectivity index is 1.85. The van der Waals surface area contributed by atoms with Crippen molar-refractivity contribution in [1.82, 2.24) is 5.32 Å². The Morgan fingerprint density at radius 2 is 2.20 bits per heavy atom. The fourth-order valence-electron chi connectivity index (χ4n) is 2.52. The van der Waals surface area contributed by atoms with Crippen molar-refractivity contribution < 1.29 is 14.6 Å². The number of benzene rings is 1. The summed E-state index contributed by atoms with van der Waals surface area (Å²) in [5, 5.41) is 12.8. The molecule has 0 aliphatic carbocycles. The highest BCUT2D eigenvalue weighted by Crippen LogP contribution is 2.23. The largest absolute Gasteiger partial charge is 0.399 e. The van der Waals surface area contributed by atoms with Crippen LogP contribution in [0.1, 0.15) is 31.4 Å². The van der Waals surface area contributed by atoms with Crippen molar-refractivity contribution in [2.45, 2.75) is 32.0 Å². The van der Waals surface area contributed by atoms with Crippen LogP contribution in [0.25, 0.3) is 0 Å². The molecular weight excluding hydrogens is 256 g/mol. The Morgan fingerprint density at radius 3 is 2.85 bits per heavy atom. The quantitative estimate of drug-likeness (QED) is 0.707. The average molecular weight is 278 g/mol. The topological polar surface area (TPSA) is 84.6 Å². The molecule has 0 aromatic heterocycles. The van der Waals surface area contributed by atoms with E-state index in [0.717, 1.165) is 18.4 Å².